The minimum absolute atomic E-state index is 0.0246. The maximum atomic E-state index is 15.0. The summed E-state index contributed by atoms with van der Waals surface area (Å²) in [6.07, 6.45) is 0.232. The molecule has 194 valence electrons. The monoisotopic (exact) mass is 521 g/mol. The second-order valence-corrected chi connectivity index (χ2v) is 11.6. The Labute approximate surface area is 209 Å². The first-order chi connectivity index (χ1) is 17.0. The summed E-state index contributed by atoms with van der Waals surface area (Å²) in [6, 6.07) is 7.37. The van der Waals surface area contributed by atoms with Crippen LogP contribution in [0.4, 0.5) is 20.7 Å². The predicted octanol–water partition coefficient (Wildman–Crippen LogP) is 1.26. The van der Waals surface area contributed by atoms with E-state index in [1.165, 1.54) is 17.2 Å². The Kier molecular flexibility index (Phi) is 7.46. The Hall–Kier alpha value is -3.25. The van der Waals surface area contributed by atoms with E-state index in [0.29, 0.717) is 35.7 Å². The van der Waals surface area contributed by atoms with Gasteiger partial charge in [-0.3, -0.25) is 4.90 Å². The fourth-order valence-corrected chi connectivity index (χ4v) is 5.15. The second-order valence-electron chi connectivity index (χ2n) is 9.31. The standard InChI is InChI=1S/C24H29FN4O6S/c1-15(2)22(26)23(30)34-14-18-13-29(24(31)35-18)17-4-5-19(20(25)11-17)16-3-6-21(27-12-16)28-7-9-36(32,33)10-8-28/h3-6,11-12,15,18,22H,7-10,13-14,26H2,1-2H3/p+1/t18-,22-/m1/s1. The SMILES string of the molecule is CC(C)[C@@H]([NH3+])C(=O)OC[C@H]1CN(c2ccc(-c3ccc(N4CCS(=O)(=O)CC4)nc3)c(F)c2)C(=O)O1. The number of quaternary nitrogens is 1. The van der Waals surface area contributed by atoms with Crippen LogP contribution in [0.1, 0.15) is 13.8 Å². The predicted molar refractivity (Wildman–Crippen MR) is 131 cm³/mol. The van der Waals surface area contributed by atoms with Crippen LogP contribution >= 0.6 is 0 Å². The average molecular weight is 522 g/mol. The zero-order chi connectivity index (χ0) is 26.0. The molecule has 2 saturated heterocycles. The topological polar surface area (TPSA) is 134 Å². The molecule has 3 heterocycles. The average Bonchev–Trinajstić information content (AvgIpc) is 3.22. The smallest absolute Gasteiger partial charge is 0.414 e. The Morgan fingerprint density at radius 1 is 1.25 bits per heavy atom. The molecule has 0 bridgehead atoms. The molecule has 1 amide bonds. The van der Waals surface area contributed by atoms with Gasteiger partial charge in [-0.25, -0.2) is 27.4 Å². The molecule has 0 unspecified atom stereocenters. The van der Waals surface area contributed by atoms with Crippen LogP contribution in [0.3, 0.4) is 0 Å². The van der Waals surface area contributed by atoms with E-state index in [9.17, 15) is 18.0 Å². The van der Waals surface area contributed by atoms with E-state index in [-0.39, 0.29) is 30.6 Å². The van der Waals surface area contributed by atoms with E-state index in [1.54, 1.807) is 24.3 Å². The summed E-state index contributed by atoms with van der Waals surface area (Å²) in [6.45, 7) is 4.50. The van der Waals surface area contributed by atoms with E-state index >= 15 is 4.39 Å². The molecule has 2 fully saturated rings. The third-order valence-corrected chi connectivity index (χ3v) is 7.99. The van der Waals surface area contributed by atoms with Gasteiger partial charge in [0.15, 0.2) is 22.0 Å². The summed E-state index contributed by atoms with van der Waals surface area (Å²) in [5.41, 5.74) is 4.96. The van der Waals surface area contributed by atoms with E-state index in [2.05, 4.69) is 10.7 Å². The van der Waals surface area contributed by atoms with Crippen molar-refractivity contribution in [1.82, 2.24) is 4.98 Å². The summed E-state index contributed by atoms with van der Waals surface area (Å²) in [5.74, 6) is -0.163. The highest BCUT2D eigenvalue weighted by molar-refractivity contribution is 7.91. The van der Waals surface area contributed by atoms with Gasteiger partial charge in [0.2, 0.25) is 0 Å². The van der Waals surface area contributed by atoms with E-state index in [1.807, 2.05) is 18.7 Å². The third-order valence-electron chi connectivity index (χ3n) is 6.38. The Morgan fingerprint density at radius 3 is 2.58 bits per heavy atom. The van der Waals surface area contributed by atoms with Crippen molar-refractivity contribution in [3.05, 3.63) is 42.3 Å². The van der Waals surface area contributed by atoms with Crippen LogP contribution < -0.4 is 15.5 Å². The number of hydrogen-bond acceptors (Lipinski definition) is 8. The molecule has 4 rings (SSSR count). The number of carbonyl (C=O) groups is 2. The van der Waals surface area contributed by atoms with Gasteiger partial charge in [0.1, 0.15) is 18.2 Å². The first-order valence-electron chi connectivity index (χ1n) is 11.7. The van der Waals surface area contributed by atoms with E-state index < -0.39 is 39.9 Å². The molecule has 0 spiro atoms. The number of hydrogen-bond donors (Lipinski definition) is 1. The molecule has 1 aromatic carbocycles. The lowest BCUT2D eigenvalue weighted by atomic mass is 10.1. The highest BCUT2D eigenvalue weighted by Gasteiger charge is 2.34. The number of anilines is 2. The van der Waals surface area contributed by atoms with Crippen molar-refractivity contribution in [3.8, 4) is 11.1 Å². The molecule has 12 heteroatoms. The van der Waals surface area contributed by atoms with Gasteiger partial charge in [-0.05, 0) is 30.3 Å². The number of esters is 1. The number of benzene rings is 1. The first-order valence-corrected chi connectivity index (χ1v) is 13.6. The van der Waals surface area contributed by atoms with Crippen LogP contribution in [-0.2, 0) is 24.1 Å². The molecule has 10 nitrogen and oxygen atoms in total. The van der Waals surface area contributed by atoms with Gasteiger partial charge >= 0.3 is 12.1 Å². The maximum Gasteiger partial charge on any atom is 0.414 e. The van der Waals surface area contributed by atoms with E-state index in [0.717, 1.165) is 0 Å². The molecule has 2 aliphatic heterocycles. The summed E-state index contributed by atoms with van der Waals surface area (Å²) in [5, 5.41) is 0. The zero-order valence-electron chi connectivity index (χ0n) is 20.2. The molecule has 2 atom stereocenters. The molecule has 2 aliphatic rings. The number of carbonyl (C=O) groups excluding carboxylic acids is 2. The van der Waals surface area contributed by atoms with Crippen LogP contribution in [0.5, 0.6) is 0 Å². The lowest BCUT2D eigenvalue weighted by Crippen LogP contribution is -2.67. The van der Waals surface area contributed by atoms with Gasteiger partial charge in [-0.1, -0.05) is 13.8 Å². The number of aromatic nitrogens is 1. The Morgan fingerprint density at radius 2 is 1.97 bits per heavy atom. The number of nitrogens with zero attached hydrogens (tertiary/aromatic N) is 3. The largest absolute Gasteiger partial charge is 0.457 e. The minimum Gasteiger partial charge on any atom is -0.457 e. The van der Waals surface area contributed by atoms with Crippen molar-refractivity contribution in [2.45, 2.75) is 26.0 Å². The Bertz CT molecular complexity index is 1220. The van der Waals surface area contributed by atoms with Gasteiger partial charge in [0.25, 0.3) is 0 Å². The van der Waals surface area contributed by atoms with E-state index in [4.69, 9.17) is 9.47 Å². The summed E-state index contributed by atoms with van der Waals surface area (Å²) < 4.78 is 48.8. The number of ether oxygens (including phenoxy) is 2. The minimum atomic E-state index is -2.99. The number of pyridine rings is 1. The molecule has 0 saturated carbocycles. The lowest BCUT2D eigenvalue weighted by Gasteiger charge is -2.27. The third kappa shape index (κ3) is 5.76. The Balaban J connectivity index is 1.39. The van der Waals surface area contributed by atoms with Crippen molar-refractivity contribution in [2.24, 2.45) is 5.92 Å². The summed E-state index contributed by atoms with van der Waals surface area (Å²) >= 11 is 0. The number of halogens is 1. The molecule has 0 radical (unpaired) electrons. The van der Waals surface area contributed by atoms with Crippen molar-refractivity contribution in [3.63, 3.8) is 0 Å². The first kappa shape index (κ1) is 25.8. The fraction of sp³-hybridized carbons (Fsp3) is 0.458. The zero-order valence-corrected chi connectivity index (χ0v) is 21.0. The molecule has 36 heavy (non-hydrogen) atoms. The van der Waals surface area contributed by atoms with Gasteiger partial charge < -0.3 is 20.1 Å². The lowest BCUT2D eigenvalue weighted by molar-refractivity contribution is -0.418. The maximum absolute atomic E-state index is 15.0. The van der Waals surface area contributed by atoms with Crippen LogP contribution in [0.2, 0.25) is 0 Å². The fourth-order valence-electron chi connectivity index (χ4n) is 3.95. The summed E-state index contributed by atoms with van der Waals surface area (Å²) in [7, 11) is -2.99. The number of rotatable bonds is 7. The number of amides is 1. The highest BCUT2D eigenvalue weighted by Crippen LogP contribution is 2.30. The van der Waals surface area contributed by atoms with Crippen molar-refractivity contribution < 1.29 is 37.6 Å². The van der Waals surface area contributed by atoms with Crippen LogP contribution in [0.25, 0.3) is 11.1 Å². The quantitative estimate of drug-likeness (QED) is 0.539. The molecule has 0 aliphatic carbocycles. The number of sulfone groups is 1. The van der Waals surface area contributed by atoms with Crippen LogP contribution in [0, 0.1) is 11.7 Å². The van der Waals surface area contributed by atoms with Gasteiger partial charge in [-0.15, -0.1) is 0 Å². The van der Waals surface area contributed by atoms with Crippen LogP contribution in [0.15, 0.2) is 36.5 Å². The van der Waals surface area contributed by atoms with Crippen molar-refractivity contribution in [2.75, 3.05) is 47.5 Å². The van der Waals surface area contributed by atoms with Gasteiger partial charge in [-0.2, -0.15) is 0 Å². The molecular formula is C24H30FN4O6S+. The molecule has 1 aromatic heterocycles. The molecule has 2 aromatic rings. The number of cyclic esters (lactones) is 1. The van der Waals surface area contributed by atoms with Crippen molar-refractivity contribution >= 4 is 33.4 Å². The second kappa shape index (κ2) is 10.4. The molecule has 3 N–H and O–H groups in total. The molecular weight excluding hydrogens is 491 g/mol. The van der Waals surface area contributed by atoms with Crippen molar-refractivity contribution in [1.29, 1.82) is 0 Å². The summed E-state index contributed by atoms with van der Waals surface area (Å²) in [4.78, 5) is 31.9. The van der Waals surface area contributed by atoms with Gasteiger partial charge in [0.05, 0.1) is 23.7 Å². The van der Waals surface area contributed by atoms with Gasteiger partial charge in [0, 0.05) is 36.3 Å². The van der Waals surface area contributed by atoms with Crippen LogP contribution in [-0.4, -0.2) is 75.4 Å². The normalized spacial score (nSPS) is 20.4. The highest BCUT2D eigenvalue weighted by atomic mass is 32.2.